The van der Waals surface area contributed by atoms with Crippen LogP contribution in [0, 0.1) is 19.8 Å². The summed E-state index contributed by atoms with van der Waals surface area (Å²) in [5, 5.41) is 10.9. The van der Waals surface area contributed by atoms with E-state index in [2.05, 4.69) is 6.92 Å². The SMILES string of the molecule is Cc1cc(OC[C@H](O)C[NH+]2CCC(C)CC2)cc(C)c1Cl. The molecule has 2 N–H and O–H groups in total. The van der Waals surface area contributed by atoms with Crippen molar-refractivity contribution in [3.8, 4) is 5.75 Å². The molecule has 0 unspecified atom stereocenters. The quantitative estimate of drug-likeness (QED) is 0.872. The number of rotatable bonds is 5. The van der Waals surface area contributed by atoms with Crippen molar-refractivity contribution in [2.75, 3.05) is 26.2 Å². The number of piperidine rings is 1. The van der Waals surface area contributed by atoms with Crippen molar-refractivity contribution in [1.82, 2.24) is 0 Å². The van der Waals surface area contributed by atoms with Crippen LogP contribution in [-0.2, 0) is 0 Å². The molecule has 118 valence electrons. The van der Waals surface area contributed by atoms with E-state index in [-0.39, 0.29) is 0 Å². The van der Waals surface area contributed by atoms with Crippen molar-refractivity contribution in [3.63, 3.8) is 0 Å². The van der Waals surface area contributed by atoms with Gasteiger partial charge in [-0.2, -0.15) is 0 Å². The minimum Gasteiger partial charge on any atom is -0.491 e. The van der Waals surface area contributed by atoms with Gasteiger partial charge in [0.2, 0.25) is 0 Å². The van der Waals surface area contributed by atoms with Crippen LogP contribution in [0.1, 0.15) is 30.9 Å². The van der Waals surface area contributed by atoms with Gasteiger partial charge in [0.05, 0.1) is 13.1 Å². The molecule has 1 aromatic rings. The fourth-order valence-corrected chi connectivity index (χ4v) is 3.06. The highest BCUT2D eigenvalue weighted by molar-refractivity contribution is 6.32. The predicted molar refractivity (Wildman–Crippen MR) is 86.4 cm³/mol. The lowest BCUT2D eigenvalue weighted by atomic mass is 9.99. The summed E-state index contributed by atoms with van der Waals surface area (Å²) in [6, 6.07) is 3.86. The highest BCUT2D eigenvalue weighted by atomic mass is 35.5. The van der Waals surface area contributed by atoms with Gasteiger partial charge >= 0.3 is 0 Å². The third-order valence-corrected chi connectivity index (χ3v) is 4.95. The molecule has 0 spiro atoms. The second-order valence-corrected chi connectivity index (χ2v) is 6.85. The topological polar surface area (TPSA) is 33.9 Å². The summed E-state index contributed by atoms with van der Waals surface area (Å²) < 4.78 is 5.73. The lowest BCUT2D eigenvalue weighted by Gasteiger charge is -2.28. The van der Waals surface area contributed by atoms with E-state index in [0.29, 0.717) is 6.61 Å². The molecule has 0 bridgehead atoms. The van der Waals surface area contributed by atoms with Crippen LogP contribution in [0.15, 0.2) is 12.1 Å². The maximum absolute atomic E-state index is 10.1. The van der Waals surface area contributed by atoms with Gasteiger partial charge in [-0.15, -0.1) is 0 Å². The summed E-state index contributed by atoms with van der Waals surface area (Å²) in [6.07, 6.45) is 2.11. The molecule has 1 saturated heterocycles. The number of benzene rings is 1. The van der Waals surface area contributed by atoms with Crippen LogP contribution in [0.2, 0.25) is 5.02 Å². The highest BCUT2D eigenvalue weighted by Crippen LogP contribution is 2.25. The number of aliphatic hydroxyl groups excluding tert-OH is 1. The first-order valence-electron chi connectivity index (χ1n) is 7.87. The number of likely N-dealkylation sites (tertiary alicyclic amines) is 1. The van der Waals surface area contributed by atoms with Crippen LogP contribution in [0.25, 0.3) is 0 Å². The number of aliphatic hydroxyl groups is 1. The van der Waals surface area contributed by atoms with Gasteiger partial charge in [0.1, 0.15) is 25.0 Å². The number of hydrogen-bond donors (Lipinski definition) is 2. The Kier molecular flexibility index (Phi) is 5.91. The molecule has 1 fully saturated rings. The van der Waals surface area contributed by atoms with Gasteiger partial charge in [0.25, 0.3) is 0 Å². The number of hydrogen-bond acceptors (Lipinski definition) is 2. The second kappa shape index (κ2) is 7.48. The van der Waals surface area contributed by atoms with E-state index in [1.807, 2.05) is 26.0 Å². The Morgan fingerprint density at radius 3 is 2.43 bits per heavy atom. The molecule has 21 heavy (non-hydrogen) atoms. The van der Waals surface area contributed by atoms with E-state index >= 15 is 0 Å². The Labute approximate surface area is 132 Å². The molecule has 0 saturated carbocycles. The Balaban J connectivity index is 1.80. The van der Waals surface area contributed by atoms with E-state index in [1.54, 1.807) is 0 Å². The van der Waals surface area contributed by atoms with Crippen LogP contribution >= 0.6 is 11.6 Å². The zero-order valence-corrected chi connectivity index (χ0v) is 14.0. The predicted octanol–water partition coefficient (Wildman–Crippen LogP) is 2.01. The average Bonchev–Trinajstić information content (AvgIpc) is 2.45. The van der Waals surface area contributed by atoms with E-state index in [9.17, 15) is 5.11 Å². The average molecular weight is 313 g/mol. The van der Waals surface area contributed by atoms with E-state index in [4.69, 9.17) is 16.3 Å². The third-order valence-electron chi connectivity index (χ3n) is 4.36. The third kappa shape index (κ3) is 4.87. The van der Waals surface area contributed by atoms with Crippen LogP contribution in [0.5, 0.6) is 5.75 Å². The van der Waals surface area contributed by atoms with Crippen molar-refractivity contribution >= 4 is 11.6 Å². The van der Waals surface area contributed by atoms with Gasteiger partial charge < -0.3 is 14.7 Å². The van der Waals surface area contributed by atoms with Crippen molar-refractivity contribution < 1.29 is 14.7 Å². The standard InChI is InChI=1S/C17H26ClNO2/c1-12-4-6-19(7-5-12)10-15(20)11-21-16-8-13(2)17(18)14(3)9-16/h8-9,12,15,20H,4-7,10-11H2,1-3H3/p+1/t15-/m1/s1. The number of aryl methyl sites for hydroxylation is 2. The monoisotopic (exact) mass is 312 g/mol. The zero-order chi connectivity index (χ0) is 15.4. The van der Waals surface area contributed by atoms with E-state index in [0.717, 1.165) is 47.5 Å². The molecule has 1 aromatic carbocycles. The van der Waals surface area contributed by atoms with Gasteiger partial charge in [-0.1, -0.05) is 18.5 Å². The molecule has 4 heteroatoms. The molecule has 0 amide bonds. The largest absolute Gasteiger partial charge is 0.491 e. The van der Waals surface area contributed by atoms with Crippen molar-refractivity contribution in [2.24, 2.45) is 5.92 Å². The van der Waals surface area contributed by atoms with Crippen molar-refractivity contribution in [1.29, 1.82) is 0 Å². The van der Waals surface area contributed by atoms with Crippen LogP contribution in [0.4, 0.5) is 0 Å². The van der Waals surface area contributed by atoms with Gasteiger partial charge in [0.15, 0.2) is 0 Å². The lowest BCUT2D eigenvalue weighted by Crippen LogP contribution is -3.14. The lowest BCUT2D eigenvalue weighted by molar-refractivity contribution is -0.909. The summed E-state index contributed by atoms with van der Waals surface area (Å²) in [4.78, 5) is 1.49. The minimum absolute atomic E-state index is 0.347. The maximum Gasteiger partial charge on any atom is 0.137 e. The normalized spacial score (nSPS) is 23.9. The van der Waals surface area contributed by atoms with Gasteiger partial charge in [-0.3, -0.25) is 0 Å². The van der Waals surface area contributed by atoms with Crippen LogP contribution in [-0.4, -0.2) is 37.5 Å². The summed E-state index contributed by atoms with van der Waals surface area (Å²) in [5.74, 6) is 1.62. The zero-order valence-electron chi connectivity index (χ0n) is 13.3. The first-order chi connectivity index (χ1) is 9.95. The van der Waals surface area contributed by atoms with Crippen LogP contribution in [0.3, 0.4) is 0 Å². The van der Waals surface area contributed by atoms with Crippen LogP contribution < -0.4 is 9.64 Å². The second-order valence-electron chi connectivity index (χ2n) is 6.47. The van der Waals surface area contributed by atoms with Crippen molar-refractivity contribution in [2.45, 2.75) is 39.7 Å². The molecular formula is C17H27ClNO2+. The van der Waals surface area contributed by atoms with Gasteiger partial charge in [-0.05, 0) is 55.9 Å². The van der Waals surface area contributed by atoms with Gasteiger partial charge in [-0.25, -0.2) is 0 Å². The minimum atomic E-state index is -0.412. The first-order valence-corrected chi connectivity index (χ1v) is 8.24. The van der Waals surface area contributed by atoms with Gasteiger partial charge in [0, 0.05) is 5.02 Å². The summed E-state index contributed by atoms with van der Waals surface area (Å²) in [6.45, 7) is 9.70. The molecule has 0 radical (unpaired) electrons. The molecule has 1 heterocycles. The number of ether oxygens (including phenoxy) is 1. The molecule has 2 rings (SSSR count). The highest BCUT2D eigenvalue weighted by Gasteiger charge is 2.21. The molecule has 1 aliphatic rings. The summed E-state index contributed by atoms with van der Waals surface area (Å²) in [5.41, 5.74) is 2.02. The fourth-order valence-electron chi connectivity index (χ4n) is 2.95. The van der Waals surface area contributed by atoms with E-state index in [1.165, 1.54) is 17.7 Å². The molecule has 0 aliphatic carbocycles. The Morgan fingerprint density at radius 1 is 1.29 bits per heavy atom. The number of nitrogens with one attached hydrogen (secondary N) is 1. The fraction of sp³-hybridized carbons (Fsp3) is 0.647. The molecule has 1 aliphatic heterocycles. The maximum atomic E-state index is 10.1. The Bertz CT molecular complexity index is 447. The van der Waals surface area contributed by atoms with Crippen molar-refractivity contribution in [3.05, 3.63) is 28.3 Å². The Morgan fingerprint density at radius 2 is 1.86 bits per heavy atom. The molecule has 3 nitrogen and oxygen atoms in total. The number of halogens is 1. The molecular weight excluding hydrogens is 286 g/mol. The number of quaternary nitrogens is 1. The smallest absolute Gasteiger partial charge is 0.137 e. The molecule has 1 atom stereocenters. The summed E-state index contributed by atoms with van der Waals surface area (Å²) in [7, 11) is 0. The Hall–Kier alpha value is -0.770. The molecule has 0 aromatic heterocycles. The van der Waals surface area contributed by atoms with E-state index < -0.39 is 6.10 Å². The summed E-state index contributed by atoms with van der Waals surface area (Å²) >= 11 is 6.14. The first kappa shape index (κ1) is 16.6.